The smallest absolute Gasteiger partial charge is 0.231 e. The molecule has 6 nitrogen and oxygen atoms in total. The molecule has 7 heteroatoms. The Morgan fingerprint density at radius 3 is 2.77 bits per heavy atom. The third-order valence-electron chi connectivity index (χ3n) is 4.95. The van der Waals surface area contributed by atoms with Gasteiger partial charge in [0.05, 0.1) is 5.39 Å². The van der Waals surface area contributed by atoms with Crippen molar-refractivity contribution in [3.8, 4) is 11.5 Å². The van der Waals surface area contributed by atoms with Crippen LogP contribution in [-0.2, 0) is 6.54 Å². The molecule has 0 aliphatic carbocycles. The first-order valence-electron chi connectivity index (χ1n) is 8.83. The van der Waals surface area contributed by atoms with Crippen LogP contribution in [0.3, 0.4) is 0 Å². The number of benzene rings is 1. The molecule has 2 aromatic heterocycles. The van der Waals surface area contributed by atoms with Crippen LogP contribution in [0, 0.1) is 6.92 Å². The molecular weight excluding hydrogens is 348 g/mol. The molecule has 0 radical (unpaired) electrons. The van der Waals surface area contributed by atoms with Gasteiger partial charge in [-0.2, -0.15) is 0 Å². The Labute approximate surface area is 156 Å². The fraction of sp³-hybridized carbons (Fsp3) is 0.368. The fourth-order valence-corrected chi connectivity index (χ4v) is 4.47. The van der Waals surface area contributed by atoms with E-state index in [1.807, 2.05) is 6.07 Å². The van der Waals surface area contributed by atoms with Gasteiger partial charge in [0.15, 0.2) is 11.5 Å². The number of aryl methyl sites for hydroxylation is 1. The van der Waals surface area contributed by atoms with Gasteiger partial charge in [0.1, 0.15) is 17.0 Å². The second-order valence-electron chi connectivity index (χ2n) is 6.72. The van der Waals surface area contributed by atoms with E-state index < -0.39 is 0 Å². The van der Waals surface area contributed by atoms with Gasteiger partial charge in [0.25, 0.3) is 0 Å². The van der Waals surface area contributed by atoms with Crippen molar-refractivity contribution in [1.82, 2.24) is 14.9 Å². The monoisotopic (exact) mass is 368 g/mol. The lowest BCUT2D eigenvalue weighted by Gasteiger charge is -2.35. The predicted molar refractivity (Wildman–Crippen MR) is 102 cm³/mol. The van der Waals surface area contributed by atoms with Gasteiger partial charge >= 0.3 is 0 Å². The minimum Gasteiger partial charge on any atom is -0.454 e. The predicted octanol–water partition coefficient (Wildman–Crippen LogP) is 3.05. The van der Waals surface area contributed by atoms with Gasteiger partial charge in [0.2, 0.25) is 6.79 Å². The Kier molecular flexibility index (Phi) is 3.90. The van der Waals surface area contributed by atoms with Gasteiger partial charge < -0.3 is 14.4 Å². The highest BCUT2D eigenvalue weighted by Gasteiger charge is 2.21. The van der Waals surface area contributed by atoms with Crippen LogP contribution >= 0.6 is 11.3 Å². The number of piperazine rings is 1. The zero-order chi connectivity index (χ0) is 17.5. The van der Waals surface area contributed by atoms with Crippen LogP contribution in [0.1, 0.15) is 10.4 Å². The summed E-state index contributed by atoms with van der Waals surface area (Å²) in [5.74, 6) is 2.77. The molecule has 2 aliphatic rings. The lowest BCUT2D eigenvalue weighted by molar-refractivity contribution is 0.174. The molecule has 1 fully saturated rings. The van der Waals surface area contributed by atoms with Crippen LogP contribution in [0.2, 0.25) is 0 Å². The molecule has 0 amide bonds. The number of anilines is 1. The summed E-state index contributed by atoms with van der Waals surface area (Å²) in [6.07, 6.45) is 1.69. The minimum absolute atomic E-state index is 0.326. The van der Waals surface area contributed by atoms with E-state index in [1.54, 1.807) is 17.7 Å². The van der Waals surface area contributed by atoms with Crippen molar-refractivity contribution in [3.05, 3.63) is 41.0 Å². The molecule has 4 heterocycles. The van der Waals surface area contributed by atoms with Crippen molar-refractivity contribution in [2.24, 2.45) is 0 Å². The SMILES string of the molecule is Cc1cc2c(N3CCN(Cc4ccc5c(c4)OCO5)CC3)ncnc2s1. The second-order valence-corrected chi connectivity index (χ2v) is 7.96. The summed E-state index contributed by atoms with van der Waals surface area (Å²) in [6.45, 7) is 7.37. The van der Waals surface area contributed by atoms with Gasteiger partial charge in [0, 0.05) is 37.6 Å². The largest absolute Gasteiger partial charge is 0.454 e. The standard InChI is InChI=1S/C19H20N4O2S/c1-13-8-15-18(20-11-21-19(15)26-13)23-6-4-22(5-7-23)10-14-2-3-16-17(9-14)25-12-24-16/h2-3,8-9,11H,4-7,10,12H2,1H3. The molecular formula is C19H20N4O2S. The van der Waals surface area contributed by atoms with E-state index in [1.165, 1.54) is 15.8 Å². The van der Waals surface area contributed by atoms with Crippen LogP contribution < -0.4 is 14.4 Å². The van der Waals surface area contributed by atoms with Gasteiger partial charge in [-0.25, -0.2) is 9.97 Å². The number of aromatic nitrogens is 2. The summed E-state index contributed by atoms with van der Waals surface area (Å²) >= 11 is 1.73. The molecule has 3 aromatic rings. The average Bonchev–Trinajstić information content (AvgIpc) is 3.27. The maximum absolute atomic E-state index is 5.48. The fourth-order valence-electron chi connectivity index (χ4n) is 3.63. The van der Waals surface area contributed by atoms with Crippen LogP contribution in [-0.4, -0.2) is 47.8 Å². The Balaban J connectivity index is 1.27. The van der Waals surface area contributed by atoms with E-state index in [9.17, 15) is 0 Å². The van der Waals surface area contributed by atoms with E-state index in [4.69, 9.17) is 9.47 Å². The molecule has 5 rings (SSSR count). The maximum Gasteiger partial charge on any atom is 0.231 e. The number of hydrogen-bond donors (Lipinski definition) is 0. The van der Waals surface area contributed by atoms with E-state index in [0.717, 1.165) is 54.9 Å². The maximum atomic E-state index is 5.48. The van der Waals surface area contributed by atoms with Crippen molar-refractivity contribution < 1.29 is 9.47 Å². The highest BCUT2D eigenvalue weighted by atomic mass is 32.1. The summed E-state index contributed by atoms with van der Waals surface area (Å²) in [6, 6.07) is 8.43. The quantitative estimate of drug-likeness (QED) is 0.708. The molecule has 0 spiro atoms. The molecule has 134 valence electrons. The van der Waals surface area contributed by atoms with Crippen molar-refractivity contribution in [2.45, 2.75) is 13.5 Å². The molecule has 2 aliphatic heterocycles. The van der Waals surface area contributed by atoms with Crippen LogP contribution in [0.15, 0.2) is 30.6 Å². The Bertz CT molecular complexity index is 950. The normalized spacial score (nSPS) is 17.2. The third kappa shape index (κ3) is 2.87. The van der Waals surface area contributed by atoms with Crippen LogP contribution in [0.5, 0.6) is 11.5 Å². The summed E-state index contributed by atoms with van der Waals surface area (Å²) in [5.41, 5.74) is 1.26. The first-order chi connectivity index (χ1) is 12.8. The Hall–Kier alpha value is -2.38. The average molecular weight is 368 g/mol. The number of thiophene rings is 1. The Morgan fingerprint density at radius 1 is 1.04 bits per heavy atom. The van der Waals surface area contributed by atoms with Crippen molar-refractivity contribution in [3.63, 3.8) is 0 Å². The molecule has 0 N–H and O–H groups in total. The Morgan fingerprint density at radius 2 is 1.88 bits per heavy atom. The highest BCUT2D eigenvalue weighted by molar-refractivity contribution is 7.18. The molecule has 26 heavy (non-hydrogen) atoms. The molecule has 0 saturated carbocycles. The lowest BCUT2D eigenvalue weighted by Crippen LogP contribution is -2.46. The number of hydrogen-bond acceptors (Lipinski definition) is 7. The van der Waals surface area contributed by atoms with Gasteiger partial charge in [-0.05, 0) is 30.7 Å². The van der Waals surface area contributed by atoms with Crippen molar-refractivity contribution in [1.29, 1.82) is 0 Å². The van der Waals surface area contributed by atoms with E-state index in [2.05, 4.69) is 44.9 Å². The zero-order valence-corrected chi connectivity index (χ0v) is 15.5. The number of nitrogens with zero attached hydrogens (tertiary/aromatic N) is 4. The van der Waals surface area contributed by atoms with Crippen LogP contribution in [0.4, 0.5) is 5.82 Å². The molecule has 0 atom stereocenters. The first-order valence-corrected chi connectivity index (χ1v) is 9.65. The van der Waals surface area contributed by atoms with Gasteiger partial charge in [-0.15, -0.1) is 11.3 Å². The van der Waals surface area contributed by atoms with Crippen molar-refractivity contribution >= 4 is 27.4 Å². The molecule has 0 unspecified atom stereocenters. The second kappa shape index (κ2) is 6.41. The first kappa shape index (κ1) is 15.8. The van der Waals surface area contributed by atoms with E-state index in [-0.39, 0.29) is 0 Å². The molecule has 1 aromatic carbocycles. The number of rotatable bonds is 3. The van der Waals surface area contributed by atoms with Crippen molar-refractivity contribution in [2.75, 3.05) is 37.9 Å². The number of fused-ring (bicyclic) bond motifs is 2. The highest BCUT2D eigenvalue weighted by Crippen LogP contribution is 2.33. The molecule has 0 bridgehead atoms. The molecule has 1 saturated heterocycles. The summed E-state index contributed by atoms with van der Waals surface area (Å²) in [7, 11) is 0. The van der Waals surface area contributed by atoms with Gasteiger partial charge in [-0.1, -0.05) is 6.07 Å². The summed E-state index contributed by atoms with van der Waals surface area (Å²) in [5, 5.41) is 1.18. The van der Waals surface area contributed by atoms with E-state index in [0.29, 0.717) is 6.79 Å². The minimum atomic E-state index is 0.326. The topological polar surface area (TPSA) is 50.7 Å². The summed E-state index contributed by atoms with van der Waals surface area (Å²) in [4.78, 5) is 16.2. The number of ether oxygens (including phenoxy) is 2. The third-order valence-corrected chi connectivity index (χ3v) is 5.91. The summed E-state index contributed by atoms with van der Waals surface area (Å²) < 4.78 is 10.9. The van der Waals surface area contributed by atoms with Gasteiger partial charge in [-0.3, -0.25) is 4.90 Å². The van der Waals surface area contributed by atoms with Crippen LogP contribution in [0.25, 0.3) is 10.2 Å². The lowest BCUT2D eigenvalue weighted by atomic mass is 10.1. The zero-order valence-electron chi connectivity index (χ0n) is 14.6. The van der Waals surface area contributed by atoms with E-state index >= 15 is 0 Å².